The Kier molecular flexibility index (Phi) is 5.57. The standard InChI is InChI=1S/C17H27N5O3/c1-13-11-15(25-19-13)12-20-7-9-22(10-8-20)17(24)18-14(2)16(23)21-5-3-4-6-21/h11,14H,3-10,12H2,1-2H3,(H,18,24)/t14-/m1/s1. The molecular weight excluding hydrogens is 322 g/mol. The summed E-state index contributed by atoms with van der Waals surface area (Å²) in [6.45, 7) is 8.83. The molecule has 0 aromatic carbocycles. The molecule has 2 fully saturated rings. The summed E-state index contributed by atoms with van der Waals surface area (Å²) < 4.78 is 5.24. The van der Waals surface area contributed by atoms with E-state index in [-0.39, 0.29) is 11.9 Å². The second kappa shape index (κ2) is 7.86. The number of nitrogens with one attached hydrogen (secondary N) is 1. The first-order chi connectivity index (χ1) is 12.0. The largest absolute Gasteiger partial charge is 0.360 e. The lowest BCUT2D eigenvalue weighted by Gasteiger charge is -2.34. The quantitative estimate of drug-likeness (QED) is 0.870. The van der Waals surface area contributed by atoms with E-state index in [1.165, 1.54) is 0 Å². The van der Waals surface area contributed by atoms with Gasteiger partial charge >= 0.3 is 6.03 Å². The molecule has 1 N–H and O–H groups in total. The molecule has 0 aliphatic carbocycles. The van der Waals surface area contributed by atoms with Crippen LogP contribution in [-0.4, -0.2) is 77.1 Å². The van der Waals surface area contributed by atoms with E-state index in [1.54, 1.807) is 11.8 Å². The number of aryl methyl sites for hydroxylation is 1. The summed E-state index contributed by atoms with van der Waals surface area (Å²) in [5, 5.41) is 6.74. The van der Waals surface area contributed by atoms with Gasteiger partial charge in [0.25, 0.3) is 0 Å². The van der Waals surface area contributed by atoms with Crippen LogP contribution in [0.4, 0.5) is 4.79 Å². The number of carbonyl (C=O) groups is 2. The number of rotatable bonds is 4. The maximum atomic E-state index is 12.4. The van der Waals surface area contributed by atoms with E-state index >= 15 is 0 Å². The first kappa shape index (κ1) is 17.7. The van der Waals surface area contributed by atoms with Crippen molar-refractivity contribution in [3.8, 4) is 0 Å². The fraction of sp³-hybridized carbons (Fsp3) is 0.706. The van der Waals surface area contributed by atoms with E-state index in [0.717, 1.165) is 50.5 Å². The molecule has 8 heteroatoms. The Morgan fingerprint density at radius 2 is 1.84 bits per heavy atom. The van der Waals surface area contributed by atoms with E-state index in [0.29, 0.717) is 19.6 Å². The summed E-state index contributed by atoms with van der Waals surface area (Å²) in [5.41, 5.74) is 0.879. The normalized spacial score (nSPS) is 19.9. The van der Waals surface area contributed by atoms with Crippen LogP contribution >= 0.6 is 0 Å². The first-order valence-electron chi connectivity index (χ1n) is 9.01. The second-order valence-corrected chi connectivity index (χ2v) is 6.90. The zero-order valence-corrected chi connectivity index (χ0v) is 15.0. The lowest BCUT2D eigenvalue weighted by Crippen LogP contribution is -2.55. The zero-order valence-electron chi connectivity index (χ0n) is 15.0. The van der Waals surface area contributed by atoms with Gasteiger partial charge in [-0.2, -0.15) is 0 Å². The van der Waals surface area contributed by atoms with Crippen LogP contribution < -0.4 is 5.32 Å². The van der Waals surface area contributed by atoms with Crippen molar-refractivity contribution in [2.45, 2.75) is 39.3 Å². The van der Waals surface area contributed by atoms with Crippen molar-refractivity contribution in [1.29, 1.82) is 0 Å². The number of hydrogen-bond donors (Lipinski definition) is 1. The number of aromatic nitrogens is 1. The highest BCUT2D eigenvalue weighted by Crippen LogP contribution is 2.11. The third kappa shape index (κ3) is 4.50. The minimum atomic E-state index is -0.471. The summed E-state index contributed by atoms with van der Waals surface area (Å²) in [4.78, 5) is 30.5. The van der Waals surface area contributed by atoms with Gasteiger partial charge in [-0.15, -0.1) is 0 Å². The van der Waals surface area contributed by atoms with Gasteiger partial charge < -0.3 is 19.6 Å². The molecule has 8 nitrogen and oxygen atoms in total. The van der Waals surface area contributed by atoms with Crippen molar-refractivity contribution in [3.63, 3.8) is 0 Å². The Labute approximate surface area is 148 Å². The monoisotopic (exact) mass is 349 g/mol. The number of piperazine rings is 1. The van der Waals surface area contributed by atoms with E-state index in [4.69, 9.17) is 4.52 Å². The maximum Gasteiger partial charge on any atom is 0.318 e. The summed E-state index contributed by atoms with van der Waals surface area (Å²) >= 11 is 0. The van der Waals surface area contributed by atoms with E-state index < -0.39 is 6.04 Å². The highest BCUT2D eigenvalue weighted by atomic mass is 16.5. The summed E-state index contributed by atoms with van der Waals surface area (Å²) in [5.74, 6) is 0.866. The Bertz CT molecular complexity index is 603. The lowest BCUT2D eigenvalue weighted by atomic mass is 10.2. The Balaban J connectivity index is 1.42. The smallest absolute Gasteiger partial charge is 0.318 e. The van der Waals surface area contributed by atoms with Crippen molar-refractivity contribution < 1.29 is 14.1 Å². The van der Waals surface area contributed by atoms with Crippen LogP contribution in [0.2, 0.25) is 0 Å². The Morgan fingerprint density at radius 1 is 1.16 bits per heavy atom. The first-order valence-corrected chi connectivity index (χ1v) is 9.01. The van der Waals surface area contributed by atoms with Crippen molar-refractivity contribution in [3.05, 3.63) is 17.5 Å². The number of likely N-dealkylation sites (tertiary alicyclic amines) is 1. The predicted octanol–water partition coefficient (Wildman–Crippen LogP) is 0.821. The molecule has 3 heterocycles. The SMILES string of the molecule is Cc1cc(CN2CCN(C(=O)N[C@H](C)C(=O)N3CCCC3)CC2)on1. The van der Waals surface area contributed by atoms with Crippen LogP contribution in [-0.2, 0) is 11.3 Å². The molecule has 138 valence electrons. The maximum absolute atomic E-state index is 12.4. The second-order valence-electron chi connectivity index (χ2n) is 6.90. The Hall–Kier alpha value is -2.09. The molecule has 0 unspecified atom stereocenters. The van der Waals surface area contributed by atoms with Crippen LogP contribution in [0.1, 0.15) is 31.2 Å². The molecule has 2 aliphatic rings. The number of carbonyl (C=O) groups excluding carboxylic acids is 2. The van der Waals surface area contributed by atoms with Crippen LogP contribution in [0.15, 0.2) is 10.6 Å². The predicted molar refractivity (Wildman–Crippen MR) is 91.9 cm³/mol. The lowest BCUT2D eigenvalue weighted by molar-refractivity contribution is -0.131. The minimum absolute atomic E-state index is 0.0187. The molecule has 3 amide bonds. The number of nitrogens with zero attached hydrogens (tertiary/aromatic N) is 4. The molecule has 0 bridgehead atoms. The summed E-state index contributed by atoms with van der Waals surface area (Å²) in [6, 6.07) is 1.31. The molecule has 1 aromatic rings. The zero-order chi connectivity index (χ0) is 17.8. The molecule has 1 aromatic heterocycles. The van der Waals surface area contributed by atoms with Gasteiger partial charge in [0.05, 0.1) is 12.2 Å². The van der Waals surface area contributed by atoms with E-state index in [1.807, 2.05) is 17.9 Å². The van der Waals surface area contributed by atoms with E-state index in [2.05, 4.69) is 15.4 Å². The number of urea groups is 1. The highest BCUT2D eigenvalue weighted by molar-refractivity contribution is 5.86. The minimum Gasteiger partial charge on any atom is -0.360 e. The van der Waals surface area contributed by atoms with Gasteiger partial charge in [-0.05, 0) is 26.7 Å². The average molecular weight is 349 g/mol. The van der Waals surface area contributed by atoms with Gasteiger partial charge in [0.15, 0.2) is 5.76 Å². The van der Waals surface area contributed by atoms with Crippen LogP contribution in [0, 0.1) is 6.92 Å². The third-order valence-electron chi connectivity index (χ3n) is 4.84. The fourth-order valence-corrected chi connectivity index (χ4v) is 3.37. The molecule has 0 saturated carbocycles. The van der Waals surface area contributed by atoms with Crippen molar-refractivity contribution in [2.75, 3.05) is 39.3 Å². The third-order valence-corrected chi connectivity index (χ3v) is 4.84. The molecular formula is C17H27N5O3. The molecule has 3 rings (SSSR count). The molecule has 0 radical (unpaired) electrons. The van der Waals surface area contributed by atoms with Crippen LogP contribution in [0.3, 0.4) is 0 Å². The molecule has 25 heavy (non-hydrogen) atoms. The summed E-state index contributed by atoms with van der Waals surface area (Å²) in [7, 11) is 0. The fourth-order valence-electron chi connectivity index (χ4n) is 3.37. The molecule has 0 spiro atoms. The Morgan fingerprint density at radius 3 is 2.44 bits per heavy atom. The summed E-state index contributed by atoms with van der Waals surface area (Å²) in [6.07, 6.45) is 2.11. The van der Waals surface area contributed by atoms with Crippen molar-refractivity contribution in [2.24, 2.45) is 0 Å². The average Bonchev–Trinajstić information content (AvgIpc) is 3.26. The van der Waals surface area contributed by atoms with Crippen LogP contribution in [0.25, 0.3) is 0 Å². The number of amides is 3. The topological polar surface area (TPSA) is 81.9 Å². The molecule has 2 aliphatic heterocycles. The van der Waals surface area contributed by atoms with Crippen LogP contribution in [0.5, 0.6) is 0 Å². The van der Waals surface area contributed by atoms with Gasteiger partial charge in [0.2, 0.25) is 5.91 Å². The molecule has 1 atom stereocenters. The van der Waals surface area contributed by atoms with Crippen molar-refractivity contribution >= 4 is 11.9 Å². The highest BCUT2D eigenvalue weighted by Gasteiger charge is 2.27. The van der Waals surface area contributed by atoms with Gasteiger partial charge in [-0.25, -0.2) is 4.79 Å². The van der Waals surface area contributed by atoms with Crippen molar-refractivity contribution in [1.82, 2.24) is 25.2 Å². The van der Waals surface area contributed by atoms with Gasteiger partial charge in [0, 0.05) is 45.3 Å². The number of hydrogen-bond acceptors (Lipinski definition) is 5. The van der Waals surface area contributed by atoms with Gasteiger partial charge in [-0.1, -0.05) is 5.16 Å². The molecule has 2 saturated heterocycles. The van der Waals surface area contributed by atoms with E-state index in [9.17, 15) is 9.59 Å². The van der Waals surface area contributed by atoms with Gasteiger partial charge in [-0.3, -0.25) is 9.69 Å². The van der Waals surface area contributed by atoms with Gasteiger partial charge in [0.1, 0.15) is 6.04 Å².